The molecule has 0 amide bonds. The van der Waals surface area contributed by atoms with E-state index < -0.39 is 0 Å². The molecule has 1 N–H and O–H groups in total. The van der Waals surface area contributed by atoms with Crippen LogP contribution in [0.4, 0.5) is 0 Å². The number of likely N-dealkylation sites (tertiary alicyclic amines) is 1. The van der Waals surface area contributed by atoms with Crippen LogP contribution in [0.2, 0.25) is 0 Å². The zero-order chi connectivity index (χ0) is 18.7. The fourth-order valence-corrected chi connectivity index (χ4v) is 3.32. The summed E-state index contributed by atoms with van der Waals surface area (Å²) in [5.41, 5.74) is 1.71. The molecule has 140 valence electrons. The molecule has 0 aromatic carbocycles. The number of guanidine groups is 1. The van der Waals surface area contributed by atoms with Gasteiger partial charge in [-0.2, -0.15) is 5.10 Å². The van der Waals surface area contributed by atoms with Gasteiger partial charge in [-0.1, -0.05) is 0 Å². The minimum Gasteiger partial charge on any atom is -0.465 e. The van der Waals surface area contributed by atoms with Gasteiger partial charge in [-0.05, 0) is 25.0 Å². The van der Waals surface area contributed by atoms with Crippen LogP contribution in [0.15, 0.2) is 27.9 Å². The van der Waals surface area contributed by atoms with Gasteiger partial charge in [0, 0.05) is 39.3 Å². The van der Waals surface area contributed by atoms with E-state index in [1.165, 1.54) is 12.7 Å². The van der Waals surface area contributed by atoms with Crippen molar-refractivity contribution in [1.82, 2.24) is 20.0 Å². The number of carbonyl (C=O) groups is 1. The van der Waals surface area contributed by atoms with Gasteiger partial charge in [-0.3, -0.25) is 9.67 Å². The van der Waals surface area contributed by atoms with Crippen molar-refractivity contribution >= 4 is 11.9 Å². The first-order valence-electron chi connectivity index (χ1n) is 8.63. The summed E-state index contributed by atoms with van der Waals surface area (Å²) in [4.78, 5) is 18.3. The Hall–Kier alpha value is -2.77. The highest BCUT2D eigenvalue weighted by atomic mass is 16.5. The normalized spacial score (nSPS) is 17.6. The third-order valence-electron chi connectivity index (χ3n) is 4.69. The minimum atomic E-state index is -0.388. The van der Waals surface area contributed by atoms with Crippen molar-refractivity contribution in [3.8, 4) is 0 Å². The summed E-state index contributed by atoms with van der Waals surface area (Å²) in [6.07, 6.45) is 5.08. The van der Waals surface area contributed by atoms with Gasteiger partial charge in [0.15, 0.2) is 5.96 Å². The molecule has 3 rings (SSSR count). The number of nitrogens with zero attached hydrogens (tertiary/aromatic N) is 4. The van der Waals surface area contributed by atoms with Crippen LogP contribution in [0.25, 0.3) is 0 Å². The Kier molecular flexibility index (Phi) is 5.29. The second-order valence-electron chi connectivity index (χ2n) is 6.45. The van der Waals surface area contributed by atoms with Crippen molar-refractivity contribution in [1.29, 1.82) is 0 Å². The summed E-state index contributed by atoms with van der Waals surface area (Å²) in [5, 5.41) is 7.57. The van der Waals surface area contributed by atoms with Crippen molar-refractivity contribution < 1.29 is 13.9 Å². The van der Waals surface area contributed by atoms with E-state index in [9.17, 15) is 4.79 Å². The molecule has 1 aliphatic rings. The van der Waals surface area contributed by atoms with Gasteiger partial charge in [-0.25, -0.2) is 4.79 Å². The number of furan rings is 1. The highest BCUT2D eigenvalue weighted by Gasteiger charge is 2.27. The van der Waals surface area contributed by atoms with E-state index in [0.717, 1.165) is 25.5 Å². The maximum absolute atomic E-state index is 11.7. The lowest BCUT2D eigenvalue weighted by atomic mass is 10.0. The quantitative estimate of drug-likeness (QED) is 0.508. The Morgan fingerprint density at radius 3 is 3.00 bits per heavy atom. The molecule has 8 nitrogen and oxygen atoms in total. The Balaban J connectivity index is 1.60. The highest BCUT2D eigenvalue weighted by molar-refractivity contribution is 5.90. The first-order valence-corrected chi connectivity index (χ1v) is 8.63. The average Bonchev–Trinajstić information content (AvgIpc) is 3.35. The lowest BCUT2D eigenvalue weighted by Gasteiger charge is -2.21. The Labute approximate surface area is 152 Å². The zero-order valence-corrected chi connectivity index (χ0v) is 15.7. The Morgan fingerprint density at radius 2 is 2.35 bits per heavy atom. The number of aromatic nitrogens is 2. The van der Waals surface area contributed by atoms with Gasteiger partial charge in [0.25, 0.3) is 0 Å². The first kappa shape index (κ1) is 18.0. The zero-order valence-electron chi connectivity index (χ0n) is 15.7. The number of hydrogen-bond donors (Lipinski definition) is 1. The van der Waals surface area contributed by atoms with E-state index in [1.54, 1.807) is 20.0 Å². The number of aryl methyl sites for hydroxylation is 2. The van der Waals surface area contributed by atoms with Crippen LogP contribution in [-0.4, -0.2) is 53.9 Å². The van der Waals surface area contributed by atoms with Gasteiger partial charge in [-0.15, -0.1) is 0 Å². The van der Waals surface area contributed by atoms with E-state index in [2.05, 4.69) is 26.5 Å². The number of ether oxygens (including phenoxy) is 1. The molecule has 1 aliphatic heterocycles. The van der Waals surface area contributed by atoms with E-state index in [1.807, 2.05) is 17.9 Å². The molecule has 0 spiro atoms. The molecule has 1 fully saturated rings. The first-order chi connectivity index (χ1) is 12.5. The van der Waals surface area contributed by atoms with Crippen molar-refractivity contribution in [2.75, 3.05) is 27.2 Å². The van der Waals surface area contributed by atoms with Crippen LogP contribution in [0.5, 0.6) is 0 Å². The molecule has 2 aromatic rings. The SMILES string of the molecule is CN=C(NCc1cc(C(=O)OC)c(C)o1)N1CCC(c2cnn(C)c2)C1. The fraction of sp³-hybridized carbons (Fsp3) is 0.500. The summed E-state index contributed by atoms with van der Waals surface area (Å²) in [6, 6.07) is 1.71. The molecule has 8 heteroatoms. The molecule has 1 atom stereocenters. The predicted molar refractivity (Wildman–Crippen MR) is 97.1 cm³/mol. The molecule has 2 aromatic heterocycles. The van der Waals surface area contributed by atoms with Gasteiger partial charge < -0.3 is 19.4 Å². The number of esters is 1. The van der Waals surface area contributed by atoms with Gasteiger partial charge in [0.2, 0.25) is 0 Å². The number of rotatable bonds is 4. The molecule has 1 saturated heterocycles. The van der Waals surface area contributed by atoms with Gasteiger partial charge in [0.1, 0.15) is 17.1 Å². The fourth-order valence-electron chi connectivity index (χ4n) is 3.32. The molecule has 1 unspecified atom stereocenters. The minimum absolute atomic E-state index is 0.388. The summed E-state index contributed by atoms with van der Waals surface area (Å²) in [7, 11) is 5.07. The molecule has 0 bridgehead atoms. The summed E-state index contributed by atoms with van der Waals surface area (Å²) >= 11 is 0. The van der Waals surface area contributed by atoms with Crippen molar-refractivity contribution in [3.05, 3.63) is 41.1 Å². The molecule has 3 heterocycles. The lowest BCUT2D eigenvalue weighted by Crippen LogP contribution is -2.39. The maximum atomic E-state index is 11.7. The molecular formula is C18H25N5O3. The molecule has 0 radical (unpaired) electrons. The standard InChI is InChI=1S/C18H25N5O3/c1-12-16(17(24)25-4)7-15(26-12)9-20-18(19-2)23-6-5-13(11-23)14-8-21-22(3)10-14/h7-8,10,13H,5-6,9,11H2,1-4H3,(H,19,20). The average molecular weight is 359 g/mol. The second kappa shape index (κ2) is 7.63. The number of nitrogens with one attached hydrogen (secondary N) is 1. The third kappa shape index (κ3) is 3.74. The van der Waals surface area contributed by atoms with Crippen molar-refractivity contribution in [2.45, 2.75) is 25.8 Å². The topological polar surface area (TPSA) is 84.9 Å². The van der Waals surface area contributed by atoms with E-state index in [0.29, 0.717) is 29.5 Å². The van der Waals surface area contributed by atoms with E-state index in [-0.39, 0.29) is 5.97 Å². The maximum Gasteiger partial charge on any atom is 0.341 e. The van der Waals surface area contributed by atoms with Gasteiger partial charge >= 0.3 is 5.97 Å². The summed E-state index contributed by atoms with van der Waals surface area (Å²) < 4.78 is 12.2. The van der Waals surface area contributed by atoms with Crippen LogP contribution in [0, 0.1) is 6.92 Å². The van der Waals surface area contributed by atoms with Crippen LogP contribution in [-0.2, 0) is 18.3 Å². The number of carbonyl (C=O) groups excluding carboxylic acids is 1. The van der Waals surface area contributed by atoms with Crippen LogP contribution in [0.1, 0.15) is 39.8 Å². The Morgan fingerprint density at radius 1 is 1.54 bits per heavy atom. The lowest BCUT2D eigenvalue weighted by molar-refractivity contribution is 0.0599. The van der Waals surface area contributed by atoms with Crippen LogP contribution < -0.4 is 5.32 Å². The van der Waals surface area contributed by atoms with Crippen LogP contribution >= 0.6 is 0 Å². The number of aliphatic imine (C=N–C) groups is 1. The molecule has 26 heavy (non-hydrogen) atoms. The highest BCUT2D eigenvalue weighted by Crippen LogP contribution is 2.26. The summed E-state index contributed by atoms with van der Waals surface area (Å²) in [6.45, 7) is 4.04. The molecule has 0 saturated carbocycles. The second-order valence-corrected chi connectivity index (χ2v) is 6.45. The summed E-state index contributed by atoms with van der Waals surface area (Å²) in [5.74, 6) is 2.12. The monoisotopic (exact) mass is 359 g/mol. The molecule has 0 aliphatic carbocycles. The predicted octanol–water partition coefficient (Wildman–Crippen LogP) is 1.67. The number of hydrogen-bond acceptors (Lipinski definition) is 5. The van der Waals surface area contributed by atoms with Crippen molar-refractivity contribution in [3.63, 3.8) is 0 Å². The van der Waals surface area contributed by atoms with E-state index >= 15 is 0 Å². The van der Waals surface area contributed by atoms with Gasteiger partial charge in [0.05, 0.1) is 19.9 Å². The van der Waals surface area contributed by atoms with E-state index in [4.69, 9.17) is 9.15 Å². The largest absolute Gasteiger partial charge is 0.465 e. The number of methoxy groups -OCH3 is 1. The smallest absolute Gasteiger partial charge is 0.341 e. The van der Waals surface area contributed by atoms with Crippen molar-refractivity contribution in [2.24, 2.45) is 12.0 Å². The Bertz CT molecular complexity index is 808. The third-order valence-corrected chi connectivity index (χ3v) is 4.69. The molecular weight excluding hydrogens is 334 g/mol. The van der Waals surface area contributed by atoms with Crippen LogP contribution in [0.3, 0.4) is 0 Å².